The number of anilines is 1. The van der Waals surface area contributed by atoms with Crippen LogP contribution in [-0.2, 0) is 11.2 Å². The first-order valence-corrected chi connectivity index (χ1v) is 8.99. The van der Waals surface area contributed by atoms with Crippen LogP contribution >= 0.6 is 11.6 Å². The Hall–Kier alpha value is -2.86. The lowest BCUT2D eigenvalue weighted by Gasteiger charge is -2.10. The number of hydrogen-bond acceptors (Lipinski definition) is 4. The zero-order valence-electron chi connectivity index (χ0n) is 15.4. The number of fused-ring (bicyclic) bond motifs is 1. The number of aryl methyl sites for hydroxylation is 2. The van der Waals surface area contributed by atoms with E-state index >= 15 is 0 Å². The topological polar surface area (TPSA) is 72.7 Å². The van der Waals surface area contributed by atoms with E-state index in [4.69, 9.17) is 16.3 Å². The van der Waals surface area contributed by atoms with Gasteiger partial charge >= 0.3 is 5.97 Å². The summed E-state index contributed by atoms with van der Waals surface area (Å²) in [6.07, 6.45) is 3.36. The molecule has 7 heteroatoms. The smallest absolute Gasteiger partial charge is 0.337 e. The van der Waals surface area contributed by atoms with Gasteiger partial charge in [0.2, 0.25) is 0 Å². The number of methoxy groups -OCH3 is 1. The molecule has 0 aliphatic heterocycles. The fraction of sp³-hybridized carbons (Fsp3) is 0.250. The lowest BCUT2D eigenvalue weighted by atomic mass is 10.1. The van der Waals surface area contributed by atoms with Crippen LogP contribution in [0.1, 0.15) is 45.4 Å². The standard InChI is InChI=1S/C20H20ClN3O3/c1-4-6-15-17(24-10-5-7-12(2)18(24)22-15)19(25)23-16-11-13(20(26)27-3)8-9-14(16)21/h5,7-11H,4,6H2,1-3H3,(H,23,25). The quantitative estimate of drug-likeness (QED) is 0.665. The first kappa shape index (κ1) is 18.9. The van der Waals surface area contributed by atoms with Crippen molar-refractivity contribution in [3.8, 4) is 0 Å². The molecule has 0 saturated carbocycles. The van der Waals surface area contributed by atoms with E-state index in [1.54, 1.807) is 16.5 Å². The number of carbonyl (C=O) groups is 2. The highest BCUT2D eigenvalue weighted by Gasteiger charge is 2.21. The maximum Gasteiger partial charge on any atom is 0.337 e. The van der Waals surface area contributed by atoms with Crippen LogP contribution in [0.15, 0.2) is 36.5 Å². The lowest BCUT2D eigenvalue weighted by Crippen LogP contribution is -2.17. The Morgan fingerprint density at radius 2 is 2.07 bits per heavy atom. The minimum Gasteiger partial charge on any atom is -0.465 e. The average molecular weight is 386 g/mol. The Bertz CT molecular complexity index is 1030. The van der Waals surface area contributed by atoms with E-state index in [2.05, 4.69) is 10.3 Å². The van der Waals surface area contributed by atoms with Crippen molar-refractivity contribution in [2.45, 2.75) is 26.7 Å². The fourth-order valence-corrected chi connectivity index (χ4v) is 3.11. The molecule has 1 amide bonds. The van der Waals surface area contributed by atoms with Gasteiger partial charge in [0.15, 0.2) is 0 Å². The van der Waals surface area contributed by atoms with Crippen LogP contribution in [0.25, 0.3) is 5.65 Å². The SMILES string of the molecule is CCCc1nc2c(C)cccn2c1C(=O)Nc1cc(C(=O)OC)ccc1Cl. The van der Waals surface area contributed by atoms with Gasteiger partial charge in [-0.3, -0.25) is 9.20 Å². The molecule has 0 spiro atoms. The third-order valence-electron chi connectivity index (χ3n) is 4.25. The molecule has 0 aliphatic carbocycles. The second-order valence-corrected chi connectivity index (χ2v) is 6.59. The van der Waals surface area contributed by atoms with E-state index in [0.717, 1.165) is 23.3 Å². The Morgan fingerprint density at radius 3 is 2.78 bits per heavy atom. The highest BCUT2D eigenvalue weighted by molar-refractivity contribution is 6.34. The summed E-state index contributed by atoms with van der Waals surface area (Å²) in [6.45, 7) is 3.99. The minimum atomic E-state index is -0.501. The van der Waals surface area contributed by atoms with Gasteiger partial charge in [-0.15, -0.1) is 0 Å². The Balaban J connectivity index is 2.03. The van der Waals surface area contributed by atoms with Crippen molar-refractivity contribution in [1.82, 2.24) is 9.38 Å². The number of benzene rings is 1. The molecule has 2 aromatic heterocycles. The molecule has 3 aromatic rings. The van der Waals surface area contributed by atoms with Gasteiger partial charge in [-0.25, -0.2) is 9.78 Å². The number of amides is 1. The predicted molar refractivity (Wildman–Crippen MR) is 105 cm³/mol. The third kappa shape index (κ3) is 3.66. The van der Waals surface area contributed by atoms with Crippen molar-refractivity contribution in [2.75, 3.05) is 12.4 Å². The summed E-state index contributed by atoms with van der Waals surface area (Å²) in [5.41, 5.74) is 3.58. The second kappa shape index (κ2) is 7.80. The number of esters is 1. The summed E-state index contributed by atoms with van der Waals surface area (Å²) >= 11 is 6.20. The molecule has 140 valence electrons. The van der Waals surface area contributed by atoms with Gasteiger partial charge in [-0.2, -0.15) is 0 Å². The second-order valence-electron chi connectivity index (χ2n) is 6.18. The molecule has 1 aromatic carbocycles. The van der Waals surface area contributed by atoms with Crippen LogP contribution in [0.3, 0.4) is 0 Å². The number of pyridine rings is 1. The number of rotatable bonds is 5. The van der Waals surface area contributed by atoms with Gasteiger partial charge in [0, 0.05) is 6.20 Å². The molecule has 0 radical (unpaired) electrons. The van der Waals surface area contributed by atoms with E-state index in [1.165, 1.54) is 13.2 Å². The number of nitrogens with zero attached hydrogens (tertiary/aromatic N) is 2. The molecular weight excluding hydrogens is 366 g/mol. The molecule has 0 atom stereocenters. The van der Waals surface area contributed by atoms with Gasteiger partial charge in [0.1, 0.15) is 11.3 Å². The van der Waals surface area contributed by atoms with E-state index in [1.807, 2.05) is 32.2 Å². The van der Waals surface area contributed by atoms with E-state index in [0.29, 0.717) is 28.4 Å². The van der Waals surface area contributed by atoms with Crippen molar-refractivity contribution < 1.29 is 14.3 Å². The maximum absolute atomic E-state index is 13.1. The number of hydrogen-bond donors (Lipinski definition) is 1. The highest BCUT2D eigenvalue weighted by atomic mass is 35.5. The van der Waals surface area contributed by atoms with Gasteiger partial charge < -0.3 is 10.1 Å². The summed E-state index contributed by atoms with van der Waals surface area (Å²) < 4.78 is 6.51. The molecule has 0 saturated heterocycles. The number of halogens is 1. The zero-order valence-corrected chi connectivity index (χ0v) is 16.1. The molecule has 6 nitrogen and oxygen atoms in total. The molecule has 0 aliphatic rings. The lowest BCUT2D eigenvalue weighted by molar-refractivity contribution is 0.0600. The molecule has 2 heterocycles. The van der Waals surface area contributed by atoms with E-state index in [9.17, 15) is 9.59 Å². The predicted octanol–water partition coefficient (Wildman–Crippen LogP) is 4.29. The third-order valence-corrected chi connectivity index (χ3v) is 4.58. The number of nitrogens with one attached hydrogen (secondary N) is 1. The number of ether oxygens (including phenoxy) is 1. The molecule has 0 fully saturated rings. The monoisotopic (exact) mass is 385 g/mol. The van der Waals surface area contributed by atoms with Crippen LogP contribution in [0.5, 0.6) is 0 Å². The van der Waals surface area contributed by atoms with Crippen LogP contribution < -0.4 is 5.32 Å². The largest absolute Gasteiger partial charge is 0.465 e. The molecule has 0 unspecified atom stereocenters. The molecule has 27 heavy (non-hydrogen) atoms. The summed E-state index contributed by atoms with van der Waals surface area (Å²) in [5, 5.41) is 3.13. The Labute approximate surface area is 162 Å². The van der Waals surface area contributed by atoms with E-state index in [-0.39, 0.29) is 5.91 Å². The molecule has 0 bridgehead atoms. The number of carbonyl (C=O) groups excluding carboxylic acids is 2. The Kier molecular flexibility index (Phi) is 5.46. The summed E-state index contributed by atoms with van der Waals surface area (Å²) in [4.78, 5) is 29.4. The van der Waals surface area contributed by atoms with Crippen LogP contribution in [0.2, 0.25) is 5.02 Å². The summed E-state index contributed by atoms with van der Waals surface area (Å²) in [7, 11) is 1.30. The van der Waals surface area contributed by atoms with Crippen molar-refractivity contribution in [3.63, 3.8) is 0 Å². The van der Waals surface area contributed by atoms with Crippen molar-refractivity contribution in [3.05, 3.63) is 64.1 Å². The summed E-state index contributed by atoms with van der Waals surface area (Å²) in [5.74, 6) is -0.834. The van der Waals surface area contributed by atoms with Gasteiger partial charge in [-0.1, -0.05) is 31.0 Å². The fourth-order valence-electron chi connectivity index (χ4n) is 2.95. The van der Waals surface area contributed by atoms with Crippen LogP contribution in [0, 0.1) is 6.92 Å². The average Bonchev–Trinajstić information content (AvgIpc) is 3.03. The Morgan fingerprint density at radius 1 is 1.30 bits per heavy atom. The maximum atomic E-state index is 13.1. The van der Waals surface area contributed by atoms with Crippen LogP contribution in [0.4, 0.5) is 5.69 Å². The first-order valence-electron chi connectivity index (χ1n) is 8.62. The summed E-state index contributed by atoms with van der Waals surface area (Å²) in [6, 6.07) is 8.43. The minimum absolute atomic E-state index is 0.306. The van der Waals surface area contributed by atoms with E-state index < -0.39 is 5.97 Å². The normalized spacial score (nSPS) is 10.8. The zero-order chi connectivity index (χ0) is 19.6. The van der Waals surface area contributed by atoms with Crippen LogP contribution in [-0.4, -0.2) is 28.4 Å². The van der Waals surface area contributed by atoms with Gasteiger partial charge in [0.05, 0.1) is 29.1 Å². The first-order chi connectivity index (χ1) is 13.0. The molecular formula is C20H20ClN3O3. The van der Waals surface area contributed by atoms with Gasteiger partial charge in [-0.05, 0) is 43.2 Å². The van der Waals surface area contributed by atoms with Crippen molar-refractivity contribution >= 4 is 34.8 Å². The molecule has 1 N–H and O–H groups in total. The molecule has 3 rings (SSSR count). The number of imidazole rings is 1. The van der Waals surface area contributed by atoms with Crippen molar-refractivity contribution in [2.24, 2.45) is 0 Å². The van der Waals surface area contributed by atoms with Gasteiger partial charge in [0.25, 0.3) is 5.91 Å². The number of aromatic nitrogens is 2. The highest BCUT2D eigenvalue weighted by Crippen LogP contribution is 2.25. The van der Waals surface area contributed by atoms with Crippen molar-refractivity contribution in [1.29, 1.82) is 0 Å².